The van der Waals surface area contributed by atoms with Gasteiger partial charge in [-0.25, -0.2) is 13.2 Å². The van der Waals surface area contributed by atoms with Gasteiger partial charge in [0.2, 0.25) is 15.9 Å². The van der Waals surface area contributed by atoms with Gasteiger partial charge in [0.15, 0.2) is 0 Å². The molecule has 2 aliphatic heterocycles. The second-order valence-electron chi connectivity index (χ2n) is 10.7. The molecule has 3 N–H and O–H groups in total. The van der Waals surface area contributed by atoms with Crippen molar-refractivity contribution in [1.29, 1.82) is 0 Å². The predicted octanol–water partition coefficient (Wildman–Crippen LogP) is 3.39. The Kier molecular flexibility index (Phi) is 8.18. The minimum atomic E-state index is -3.97. The maximum atomic E-state index is 13.7. The molecule has 1 aromatic heterocycles. The minimum Gasteiger partial charge on any atom is -0.480 e. The molecule has 2 saturated heterocycles. The largest absolute Gasteiger partial charge is 0.480 e. The zero-order valence-corrected chi connectivity index (χ0v) is 23.4. The Morgan fingerprint density at radius 3 is 2.20 bits per heavy atom. The van der Waals surface area contributed by atoms with Gasteiger partial charge in [-0.2, -0.15) is 4.31 Å². The van der Waals surface area contributed by atoms with E-state index in [2.05, 4.69) is 15.6 Å². The third kappa shape index (κ3) is 6.15. The molecule has 3 aromatic rings. The van der Waals surface area contributed by atoms with Crippen LogP contribution in [0.4, 0.5) is 5.69 Å². The number of aryl methyl sites for hydroxylation is 1. The van der Waals surface area contributed by atoms with Crippen LogP contribution in [0.25, 0.3) is 0 Å². The van der Waals surface area contributed by atoms with Crippen LogP contribution in [0, 0.1) is 12.8 Å². The third-order valence-electron chi connectivity index (χ3n) is 7.90. The zero-order valence-electron chi connectivity index (χ0n) is 22.6. The van der Waals surface area contributed by atoms with E-state index in [1.807, 2.05) is 6.92 Å². The fraction of sp³-hybridized carbons (Fsp3) is 0.333. The number of carboxylic acids is 1. The first-order valence-electron chi connectivity index (χ1n) is 13.6. The van der Waals surface area contributed by atoms with E-state index >= 15 is 0 Å². The van der Waals surface area contributed by atoms with Crippen LogP contribution in [0.1, 0.15) is 47.2 Å². The highest BCUT2D eigenvalue weighted by Crippen LogP contribution is 2.42. The van der Waals surface area contributed by atoms with E-state index in [0.717, 1.165) is 5.56 Å². The topological polar surface area (TPSA) is 146 Å². The molecular formula is C30H32N4O6S. The van der Waals surface area contributed by atoms with Crippen molar-refractivity contribution in [3.63, 3.8) is 0 Å². The number of benzene rings is 2. The second kappa shape index (κ2) is 11.8. The summed E-state index contributed by atoms with van der Waals surface area (Å²) in [6, 6.07) is 13.9. The van der Waals surface area contributed by atoms with Crippen LogP contribution in [-0.2, 0) is 26.0 Å². The van der Waals surface area contributed by atoms with Gasteiger partial charge in [0, 0.05) is 36.1 Å². The van der Waals surface area contributed by atoms with Crippen molar-refractivity contribution < 1.29 is 27.9 Å². The number of rotatable bonds is 9. The number of hydrogen-bond donors (Lipinski definition) is 3. The number of nitrogens with zero attached hydrogens (tertiary/aromatic N) is 2. The summed E-state index contributed by atoms with van der Waals surface area (Å²) in [4.78, 5) is 42.2. The highest BCUT2D eigenvalue weighted by atomic mass is 32.2. The highest BCUT2D eigenvalue weighted by molar-refractivity contribution is 7.89. The van der Waals surface area contributed by atoms with Crippen molar-refractivity contribution in [2.24, 2.45) is 5.92 Å². The highest BCUT2D eigenvalue weighted by Gasteiger charge is 2.51. The Hall–Kier alpha value is -4.09. The van der Waals surface area contributed by atoms with E-state index in [1.165, 1.54) is 16.7 Å². The first kappa shape index (κ1) is 28.4. The molecule has 3 heterocycles. The number of nitrogens with one attached hydrogen (secondary N) is 2. The Balaban J connectivity index is 1.30. The van der Waals surface area contributed by atoms with Crippen molar-refractivity contribution in [3.8, 4) is 0 Å². The Morgan fingerprint density at radius 1 is 0.951 bits per heavy atom. The summed E-state index contributed by atoms with van der Waals surface area (Å²) in [5.41, 5.74) is 2.54. The lowest BCUT2D eigenvalue weighted by Gasteiger charge is -2.49. The fourth-order valence-corrected chi connectivity index (χ4v) is 7.63. The summed E-state index contributed by atoms with van der Waals surface area (Å²) >= 11 is 0. The standard InChI is InChI=1S/C30H32N4O6S/c1-19-2-12-25(13-3-19)41(39,40)34-24-10-6-21(7-11-24)27(34)29(36)33-26(30(37)38)18-20-4-8-23(9-5-20)32-28(35)22-14-16-31-17-15-22/h2-5,8-9,12-17,21,24,26-27H,6-7,10-11,18H2,1H3,(H,32,35)(H,33,36)(H,37,38)/t21?,24?,26-,27-/m0/s1. The molecule has 0 spiro atoms. The quantitative estimate of drug-likeness (QED) is 0.354. The molecule has 2 bridgehead atoms. The second-order valence-corrected chi connectivity index (χ2v) is 12.5. The number of hydrogen-bond acceptors (Lipinski definition) is 6. The number of carboxylic acid groups (broad SMARTS) is 1. The monoisotopic (exact) mass is 576 g/mol. The van der Waals surface area contributed by atoms with Gasteiger partial charge in [0.1, 0.15) is 12.1 Å². The maximum absolute atomic E-state index is 13.7. The molecule has 3 aliphatic rings. The lowest BCUT2D eigenvalue weighted by atomic mass is 9.76. The molecule has 0 radical (unpaired) electrons. The van der Waals surface area contributed by atoms with Crippen LogP contribution in [0.5, 0.6) is 0 Å². The van der Waals surface area contributed by atoms with Gasteiger partial charge in [0.25, 0.3) is 5.91 Å². The molecule has 10 nitrogen and oxygen atoms in total. The lowest BCUT2D eigenvalue weighted by molar-refractivity contribution is -0.143. The molecule has 6 rings (SSSR count). The van der Waals surface area contributed by atoms with Gasteiger partial charge in [0.05, 0.1) is 4.90 Å². The molecule has 214 valence electrons. The maximum Gasteiger partial charge on any atom is 0.326 e. The summed E-state index contributed by atoms with van der Waals surface area (Å²) < 4.78 is 28.7. The molecule has 11 heteroatoms. The molecule has 1 saturated carbocycles. The van der Waals surface area contributed by atoms with Crippen molar-refractivity contribution in [3.05, 3.63) is 89.7 Å². The predicted molar refractivity (Wildman–Crippen MR) is 152 cm³/mol. The SMILES string of the molecule is Cc1ccc(S(=O)(=O)N2C3CCC(CC3)[C@H]2C(=O)N[C@@H](Cc2ccc(NC(=O)c3ccncc3)cc2)C(=O)O)cc1. The number of anilines is 1. The molecule has 3 fully saturated rings. The number of pyridine rings is 1. The number of aliphatic carboxylic acids is 1. The Bertz CT molecular complexity index is 1520. The van der Waals surface area contributed by atoms with Crippen molar-refractivity contribution in [1.82, 2.24) is 14.6 Å². The third-order valence-corrected chi connectivity index (χ3v) is 9.84. The average molecular weight is 577 g/mol. The number of piperidine rings is 2. The molecule has 2 amide bonds. The Morgan fingerprint density at radius 2 is 1.59 bits per heavy atom. The molecule has 0 unspecified atom stereocenters. The number of carbonyl (C=O) groups is 3. The van der Waals surface area contributed by atoms with Crippen LogP contribution >= 0.6 is 0 Å². The summed E-state index contributed by atoms with van der Waals surface area (Å²) in [5.74, 6) is -2.30. The Labute approximate surface area is 238 Å². The van der Waals surface area contributed by atoms with Crippen LogP contribution in [-0.4, -0.2) is 58.7 Å². The van der Waals surface area contributed by atoms with Gasteiger partial charge in [-0.1, -0.05) is 29.8 Å². The molecule has 2 atom stereocenters. The smallest absolute Gasteiger partial charge is 0.326 e. The minimum absolute atomic E-state index is 0.00875. The van der Waals surface area contributed by atoms with Crippen LogP contribution in [0.15, 0.2) is 78.0 Å². The summed E-state index contributed by atoms with van der Waals surface area (Å²) in [5, 5.41) is 15.3. The number of fused-ring (bicyclic) bond motifs is 3. The van der Waals surface area contributed by atoms with E-state index in [9.17, 15) is 27.9 Å². The summed E-state index contributed by atoms with van der Waals surface area (Å²) in [7, 11) is -3.97. The van der Waals surface area contributed by atoms with Gasteiger partial charge in [-0.3, -0.25) is 14.6 Å². The summed E-state index contributed by atoms with van der Waals surface area (Å²) in [6.07, 6.45) is 5.81. The van der Waals surface area contributed by atoms with E-state index in [4.69, 9.17) is 0 Å². The van der Waals surface area contributed by atoms with E-state index in [1.54, 1.807) is 60.7 Å². The number of sulfonamides is 1. The average Bonchev–Trinajstić information content (AvgIpc) is 2.98. The molecule has 2 aromatic carbocycles. The molecular weight excluding hydrogens is 544 g/mol. The summed E-state index contributed by atoms with van der Waals surface area (Å²) in [6.45, 7) is 1.87. The van der Waals surface area contributed by atoms with Gasteiger partial charge in [-0.15, -0.1) is 0 Å². The zero-order chi connectivity index (χ0) is 29.1. The van der Waals surface area contributed by atoms with Crippen LogP contribution in [0.3, 0.4) is 0 Å². The van der Waals surface area contributed by atoms with Crippen molar-refractivity contribution in [2.45, 2.75) is 62.0 Å². The van der Waals surface area contributed by atoms with E-state index in [-0.39, 0.29) is 29.2 Å². The first-order chi connectivity index (χ1) is 19.6. The van der Waals surface area contributed by atoms with Crippen LogP contribution in [0.2, 0.25) is 0 Å². The number of aromatic nitrogens is 1. The van der Waals surface area contributed by atoms with E-state index in [0.29, 0.717) is 42.5 Å². The number of amides is 2. The number of carbonyl (C=O) groups excluding carboxylic acids is 2. The fourth-order valence-electron chi connectivity index (χ4n) is 5.74. The van der Waals surface area contributed by atoms with Crippen molar-refractivity contribution >= 4 is 33.5 Å². The van der Waals surface area contributed by atoms with Crippen molar-refractivity contribution in [2.75, 3.05) is 5.32 Å². The van der Waals surface area contributed by atoms with Gasteiger partial charge < -0.3 is 15.7 Å². The first-order valence-corrected chi connectivity index (χ1v) is 15.0. The lowest BCUT2D eigenvalue weighted by Crippen LogP contribution is -2.63. The van der Waals surface area contributed by atoms with Gasteiger partial charge >= 0.3 is 5.97 Å². The van der Waals surface area contributed by atoms with E-state index < -0.39 is 34.0 Å². The molecule has 41 heavy (non-hydrogen) atoms. The van der Waals surface area contributed by atoms with Crippen LogP contribution < -0.4 is 10.6 Å². The van der Waals surface area contributed by atoms with Gasteiger partial charge in [-0.05, 0) is 80.5 Å². The normalized spacial score (nSPS) is 21.1. The molecule has 1 aliphatic carbocycles.